The van der Waals surface area contributed by atoms with Crippen molar-refractivity contribution in [2.75, 3.05) is 10.6 Å². The topological polar surface area (TPSA) is 107 Å². The summed E-state index contributed by atoms with van der Waals surface area (Å²) in [4.78, 5) is 18.8. The van der Waals surface area contributed by atoms with Crippen molar-refractivity contribution in [3.63, 3.8) is 0 Å². The first-order chi connectivity index (χ1) is 11.6. The molecule has 1 spiro atoms. The van der Waals surface area contributed by atoms with Crippen LogP contribution in [0.5, 0.6) is 0 Å². The number of nitrogens with two attached hydrogens (primary N) is 1. The van der Waals surface area contributed by atoms with Crippen molar-refractivity contribution >= 4 is 29.2 Å². The van der Waals surface area contributed by atoms with Crippen molar-refractivity contribution in [2.24, 2.45) is 5.73 Å². The Hall–Kier alpha value is -3.35. The minimum atomic E-state index is -1.14. The van der Waals surface area contributed by atoms with E-state index >= 15 is 0 Å². The minimum Gasteiger partial charge on any atom is -0.319 e. The first kappa shape index (κ1) is 14.3. The molecule has 0 saturated heterocycles. The number of guanidine groups is 2. The van der Waals surface area contributed by atoms with Gasteiger partial charge in [-0.1, -0.05) is 29.8 Å². The Morgan fingerprint density at radius 1 is 1.04 bits per heavy atom. The lowest BCUT2D eigenvalue weighted by molar-refractivity contribution is -0.789. The van der Waals surface area contributed by atoms with Gasteiger partial charge in [0.15, 0.2) is 0 Å². The van der Waals surface area contributed by atoms with Crippen LogP contribution in [0.25, 0.3) is 0 Å². The van der Waals surface area contributed by atoms with Gasteiger partial charge >= 0.3 is 23.5 Å². The number of hydrogen-bond acceptors (Lipinski definition) is 4. The number of hydrogen-bond donors (Lipinski definition) is 6. The van der Waals surface area contributed by atoms with Crippen molar-refractivity contribution in [3.8, 4) is 0 Å². The molecular weight excluding hydrogens is 304 g/mol. The van der Waals surface area contributed by atoms with Gasteiger partial charge in [0.1, 0.15) is 0 Å². The van der Waals surface area contributed by atoms with Gasteiger partial charge in [0, 0.05) is 0 Å². The summed E-state index contributed by atoms with van der Waals surface area (Å²) in [7, 11) is 0. The summed E-state index contributed by atoms with van der Waals surface area (Å²) in [5, 5.41) is 9.06. The highest BCUT2D eigenvalue weighted by Gasteiger charge is 2.52. The second-order valence-corrected chi connectivity index (χ2v) is 5.90. The Morgan fingerprint density at radius 3 is 2.58 bits per heavy atom. The van der Waals surface area contributed by atoms with Crippen LogP contribution < -0.4 is 31.7 Å². The molecule has 0 saturated carbocycles. The molecule has 2 aromatic carbocycles. The van der Waals surface area contributed by atoms with Gasteiger partial charge in [-0.05, 0) is 31.2 Å². The van der Waals surface area contributed by atoms with Gasteiger partial charge in [0.05, 0.1) is 16.9 Å². The summed E-state index contributed by atoms with van der Waals surface area (Å²) in [6.07, 6.45) is 0. The summed E-state index contributed by atoms with van der Waals surface area (Å²) in [6.45, 7) is 2.03. The fourth-order valence-corrected chi connectivity index (χ4v) is 2.97. The molecule has 1 amide bonds. The normalized spacial score (nSPS) is 21.5. The molecule has 2 heterocycles. The van der Waals surface area contributed by atoms with E-state index in [2.05, 4.69) is 25.9 Å². The van der Waals surface area contributed by atoms with Crippen LogP contribution in [0.2, 0.25) is 0 Å². The van der Waals surface area contributed by atoms with E-state index in [9.17, 15) is 4.79 Å². The number of carbonyl (C=O) groups excluding carboxylic acids is 1. The fourth-order valence-electron chi connectivity index (χ4n) is 2.97. The highest BCUT2D eigenvalue weighted by molar-refractivity contribution is 6.06. The van der Waals surface area contributed by atoms with Gasteiger partial charge in [-0.2, -0.15) is 5.32 Å². The number of nitrogens with one attached hydrogen (secondary N) is 5. The standard InChI is InChI=1S/C17H16N6O/c1-10-6-8-11(9-7-10)19-16-21-15(18)22-17(23-16)12-4-2-3-5-13(12)20-14(17)24/h2-9H,1H3,(H,20,24)(H4,18,19,21,22,23)/p+2/t17-/m0/s1. The van der Waals surface area contributed by atoms with E-state index < -0.39 is 5.66 Å². The van der Waals surface area contributed by atoms with Gasteiger partial charge in [-0.3, -0.25) is 10.5 Å². The molecule has 2 aliphatic rings. The Kier molecular flexibility index (Phi) is 3.02. The molecule has 1 atom stereocenters. The Bertz CT molecular complexity index is 886. The molecule has 2 aliphatic heterocycles. The highest BCUT2D eigenvalue weighted by Crippen LogP contribution is 2.27. The van der Waals surface area contributed by atoms with Gasteiger partial charge in [0.2, 0.25) is 0 Å². The highest BCUT2D eigenvalue weighted by atomic mass is 16.2. The molecule has 7 N–H and O–H groups in total. The van der Waals surface area contributed by atoms with Crippen molar-refractivity contribution in [2.45, 2.75) is 12.6 Å². The molecule has 0 fully saturated rings. The molecule has 7 nitrogen and oxygen atoms in total. The monoisotopic (exact) mass is 322 g/mol. The quantitative estimate of drug-likeness (QED) is 0.353. The van der Waals surface area contributed by atoms with Gasteiger partial charge in [-0.25, -0.2) is 15.3 Å². The Balaban J connectivity index is 1.76. The van der Waals surface area contributed by atoms with Crippen molar-refractivity contribution < 1.29 is 14.8 Å². The van der Waals surface area contributed by atoms with E-state index in [0.29, 0.717) is 5.96 Å². The van der Waals surface area contributed by atoms with Crippen LogP contribution in [0.1, 0.15) is 11.1 Å². The van der Waals surface area contributed by atoms with Gasteiger partial charge < -0.3 is 5.32 Å². The first-order valence-electron chi connectivity index (χ1n) is 7.64. The maximum Gasteiger partial charge on any atom is 0.361 e. The molecule has 0 bridgehead atoms. The first-order valence-corrected chi connectivity index (χ1v) is 7.64. The molecule has 4 rings (SSSR count). The molecule has 0 aliphatic carbocycles. The van der Waals surface area contributed by atoms with Crippen LogP contribution in [0, 0.1) is 6.92 Å². The lowest BCUT2D eigenvalue weighted by atomic mass is 10.0. The van der Waals surface area contributed by atoms with E-state index in [1.54, 1.807) is 0 Å². The Morgan fingerprint density at radius 2 is 1.79 bits per heavy atom. The number of para-hydroxylation sites is 1. The minimum absolute atomic E-state index is 0.212. The number of aryl methyl sites for hydroxylation is 1. The lowest BCUT2D eigenvalue weighted by Gasteiger charge is -2.21. The van der Waals surface area contributed by atoms with Crippen LogP contribution in [-0.4, -0.2) is 17.8 Å². The van der Waals surface area contributed by atoms with E-state index in [1.807, 2.05) is 55.5 Å². The average Bonchev–Trinajstić information content (AvgIpc) is 2.81. The van der Waals surface area contributed by atoms with E-state index in [1.165, 1.54) is 5.56 Å². The lowest BCUT2D eigenvalue weighted by Crippen LogP contribution is -3.14. The van der Waals surface area contributed by atoms with Crippen LogP contribution in [-0.2, 0) is 10.5 Å². The smallest absolute Gasteiger partial charge is 0.319 e. The van der Waals surface area contributed by atoms with E-state index in [4.69, 9.17) is 5.73 Å². The van der Waals surface area contributed by atoms with Crippen molar-refractivity contribution in [1.29, 1.82) is 0 Å². The zero-order valence-corrected chi connectivity index (χ0v) is 13.1. The van der Waals surface area contributed by atoms with Crippen LogP contribution in [0.4, 0.5) is 11.4 Å². The zero-order valence-electron chi connectivity index (χ0n) is 13.1. The molecular formula is C17H18N6O+2. The fraction of sp³-hybridized carbons (Fsp3) is 0.118. The predicted molar refractivity (Wildman–Crippen MR) is 90.8 cm³/mol. The molecule has 0 unspecified atom stereocenters. The Labute approximate surface area is 138 Å². The molecule has 24 heavy (non-hydrogen) atoms. The predicted octanol–water partition coefficient (Wildman–Crippen LogP) is -2.35. The van der Waals surface area contributed by atoms with Gasteiger partial charge in [0.25, 0.3) is 0 Å². The third-order valence-corrected chi connectivity index (χ3v) is 4.14. The second-order valence-electron chi connectivity index (χ2n) is 5.90. The number of rotatable bonds is 1. The second kappa shape index (κ2) is 5.09. The van der Waals surface area contributed by atoms with Crippen LogP contribution >= 0.6 is 0 Å². The molecule has 7 heteroatoms. The van der Waals surface area contributed by atoms with Crippen LogP contribution in [0.15, 0.2) is 48.5 Å². The summed E-state index contributed by atoms with van der Waals surface area (Å²) < 4.78 is 0. The SMILES string of the molecule is Cc1ccc(NC2=[NH+][C@]3([NH+]=C(N)N2)C(=O)Nc2ccccc23)cc1. The molecule has 2 aromatic rings. The van der Waals surface area contributed by atoms with Crippen molar-refractivity contribution in [3.05, 3.63) is 59.7 Å². The summed E-state index contributed by atoms with van der Waals surface area (Å²) >= 11 is 0. The zero-order chi connectivity index (χ0) is 16.7. The maximum absolute atomic E-state index is 12.6. The third kappa shape index (κ3) is 2.18. The summed E-state index contributed by atoms with van der Waals surface area (Å²) in [5.41, 5.74) is 8.45. The van der Waals surface area contributed by atoms with Crippen LogP contribution in [0.3, 0.4) is 0 Å². The average molecular weight is 322 g/mol. The number of amides is 1. The number of benzene rings is 2. The van der Waals surface area contributed by atoms with E-state index in [0.717, 1.165) is 16.9 Å². The number of fused-ring (bicyclic) bond motifs is 2. The maximum atomic E-state index is 12.6. The summed E-state index contributed by atoms with van der Waals surface area (Å²) in [5.74, 6) is 0.605. The molecule has 0 aromatic heterocycles. The van der Waals surface area contributed by atoms with E-state index in [-0.39, 0.29) is 11.9 Å². The molecule has 0 radical (unpaired) electrons. The number of anilines is 2. The van der Waals surface area contributed by atoms with Crippen molar-refractivity contribution in [1.82, 2.24) is 5.32 Å². The summed E-state index contributed by atoms with van der Waals surface area (Å²) in [6, 6.07) is 15.4. The number of carbonyl (C=O) groups is 1. The largest absolute Gasteiger partial charge is 0.361 e. The third-order valence-electron chi connectivity index (χ3n) is 4.14. The molecule has 120 valence electrons. The van der Waals surface area contributed by atoms with Gasteiger partial charge in [-0.15, -0.1) is 0 Å².